The van der Waals surface area contributed by atoms with Gasteiger partial charge in [-0.05, 0) is 54.9 Å². The number of rotatable bonds is 17. The number of ether oxygens (including phenoxy) is 15. The summed E-state index contributed by atoms with van der Waals surface area (Å²) in [4.78, 5) is 26.0. The molecular formula is C59H92N2O37. The van der Waals surface area contributed by atoms with Crippen LogP contribution in [0.5, 0.6) is 0 Å². The number of carbonyl (C=O) groups is 2. The lowest BCUT2D eigenvalue weighted by Crippen LogP contribution is -3.12. The number of carbonyl (C=O) groups excluding carboxylic acids is 2. The number of methoxy groups -OCH3 is 1. The Morgan fingerprint density at radius 1 is 0.306 bits per heavy atom. The lowest BCUT2D eigenvalue weighted by Gasteiger charge is -3.09. The average Bonchev–Trinajstić information content (AvgIpc) is 0.547. The van der Waals surface area contributed by atoms with Gasteiger partial charge >= 0.3 is 5.97 Å². The molecular weight excluding hydrogens is 1330 g/mol. The Morgan fingerprint density at radius 3 is 0.776 bits per heavy atom. The quantitative estimate of drug-likeness (QED) is 0.0475. The monoisotopic (exact) mass is 1420 g/mol. The predicted octanol–water partition coefficient (Wildman–Crippen LogP) is -14.0. The summed E-state index contributed by atoms with van der Waals surface area (Å²) in [6, 6.07) is 0. The van der Waals surface area contributed by atoms with Gasteiger partial charge in [0, 0.05) is 13.1 Å². The standard InChI is InChI=1S/C59H92N2O37/c1-84-57(83)59-25-22-26(59)24-27(59)23(25)58(22,24)56(82)61-7-5-3-2-4-6-60-8-15-42-28(68)35(75)49(85-15)93-43-16(9-62)87-51(37(77)30(43)70)95-45-18(11-64)89-53(39(79)32(45)72)97-47-20(13-66)91-55(41(81)34(47)74)98-48-21(14-67)90-54(40(80)33(48)73)96-46-19(12-65)88-52(38(78)31(46)71)94-44-17(10-63)86-50(92-42)36(76)29(44)69/h15-55,60,62-81H,2-14H2,1H3,(H,61,82)/t15-,16-,17-,18-,19-,20-,21-,22?,23?,24?,25?,26?,27?,28-,29-,30-,31-,32-,33-,34-,35-,36-,37+,38-,39+,40-,41-,42-,43-,44-,45-,46-,47-,48-,49-,50-,51-,52-,53-,54-,55-,58?,59?/m1/s1. The number of unbranched alkanes of at least 4 members (excludes halogenated alkanes) is 3. The molecule has 0 unspecified atom stereocenters. The highest BCUT2D eigenvalue weighted by molar-refractivity contribution is 5.98. The van der Waals surface area contributed by atoms with E-state index >= 15 is 0 Å². The van der Waals surface area contributed by atoms with E-state index in [0.717, 1.165) is 0 Å². The second-order valence-corrected chi connectivity index (χ2v) is 27.9. The zero-order valence-electron chi connectivity index (χ0n) is 52.7. The number of esters is 1. The van der Waals surface area contributed by atoms with Crippen molar-refractivity contribution in [3.8, 4) is 0 Å². The molecule has 35 atom stereocenters. The van der Waals surface area contributed by atoms with Crippen molar-refractivity contribution in [2.45, 2.75) is 241 Å². The molecule has 27 aliphatic rings. The van der Waals surface area contributed by atoms with E-state index in [1.54, 1.807) is 0 Å². The highest BCUT2D eigenvalue weighted by Gasteiger charge is 3.13. The van der Waals surface area contributed by atoms with Crippen molar-refractivity contribution < 1.29 is 183 Å². The van der Waals surface area contributed by atoms with E-state index in [9.17, 15) is 112 Å². The summed E-state index contributed by atoms with van der Waals surface area (Å²) in [5.74, 6) is 1.39. The summed E-state index contributed by atoms with van der Waals surface area (Å²) in [7, 11) is 1.41. The van der Waals surface area contributed by atoms with Crippen LogP contribution < -0.4 is 10.6 Å². The molecule has 21 heterocycles. The van der Waals surface area contributed by atoms with Crippen LogP contribution in [-0.4, -0.2) is 395 Å². The molecule has 27 fully saturated rings. The van der Waals surface area contributed by atoms with Gasteiger partial charge in [0.15, 0.2) is 44.0 Å². The minimum absolute atomic E-state index is 0.0478. The highest BCUT2D eigenvalue weighted by Crippen LogP contribution is 3.10. The number of hydrogen-bond donors (Lipinski definition) is 22. The van der Waals surface area contributed by atoms with Gasteiger partial charge in [-0.1, -0.05) is 12.8 Å². The minimum atomic E-state index is -2.22. The summed E-state index contributed by atoms with van der Waals surface area (Å²) in [5, 5.41) is 231. The fourth-order valence-electron chi connectivity index (χ4n) is 18.3. The average molecular weight is 1420 g/mol. The molecule has 0 radical (unpaired) electrons. The molecule has 0 aromatic carbocycles. The van der Waals surface area contributed by atoms with Crippen LogP contribution in [0.4, 0.5) is 0 Å². The summed E-state index contributed by atoms with van der Waals surface area (Å²) >= 11 is 0. The van der Waals surface area contributed by atoms with Gasteiger partial charge in [-0.3, -0.25) is 9.59 Å². The van der Waals surface area contributed by atoms with E-state index in [-0.39, 0.29) is 71.3 Å². The second kappa shape index (κ2) is 29.1. The molecule has 0 aromatic heterocycles. The van der Waals surface area contributed by atoms with Crippen molar-refractivity contribution in [3.05, 3.63) is 0 Å². The molecule has 0 spiro atoms. The maximum Gasteiger partial charge on any atom is 0.312 e. The summed E-state index contributed by atoms with van der Waals surface area (Å²) < 4.78 is 87.0. The van der Waals surface area contributed by atoms with Gasteiger partial charge in [-0.2, -0.15) is 0 Å². The van der Waals surface area contributed by atoms with Crippen LogP contribution in [0.2, 0.25) is 0 Å². The van der Waals surface area contributed by atoms with Gasteiger partial charge in [0.25, 0.3) is 0 Å². The van der Waals surface area contributed by atoms with Crippen LogP contribution >= 0.6 is 0 Å². The first kappa shape index (κ1) is 73.8. The van der Waals surface area contributed by atoms with E-state index < -0.39 is 255 Å². The van der Waals surface area contributed by atoms with Crippen LogP contribution in [0, 0.1) is 46.3 Å². The maximum absolute atomic E-state index is 13.5. The predicted molar refractivity (Wildman–Crippen MR) is 304 cm³/mol. The van der Waals surface area contributed by atoms with Gasteiger partial charge in [0.2, 0.25) is 5.91 Å². The third kappa shape index (κ3) is 11.5. The fraction of sp³-hybridized carbons (Fsp3) is 0.966. The molecule has 0 aromatic rings. The zero-order valence-corrected chi connectivity index (χ0v) is 52.7. The molecule has 22 N–H and O–H groups in total. The highest BCUT2D eigenvalue weighted by atomic mass is 16.8. The van der Waals surface area contributed by atoms with E-state index in [2.05, 4.69) is 10.6 Å². The number of aliphatic hydroxyl groups is 20. The third-order valence-electron chi connectivity index (χ3n) is 23.1. The summed E-state index contributed by atoms with van der Waals surface area (Å²) in [6.07, 6.45) is -67.2. The number of amides is 1. The van der Waals surface area contributed by atoms with Gasteiger partial charge in [-0.15, -0.1) is 0 Å². The summed E-state index contributed by atoms with van der Waals surface area (Å²) in [6.45, 7) is -5.79. The smallest absolute Gasteiger partial charge is 0.312 e. The Bertz CT molecular complexity index is 2660. The Balaban J connectivity index is 0.712. The Hall–Kier alpha value is -2.46. The molecule has 6 aliphatic carbocycles. The van der Waals surface area contributed by atoms with Crippen LogP contribution in [0.25, 0.3) is 0 Å². The van der Waals surface area contributed by atoms with Crippen LogP contribution in [0.1, 0.15) is 25.7 Å². The maximum atomic E-state index is 13.5. The molecule has 27 rings (SSSR count). The molecule has 21 saturated heterocycles. The van der Waals surface area contributed by atoms with Gasteiger partial charge < -0.3 is 184 Å². The second-order valence-electron chi connectivity index (χ2n) is 27.9. The van der Waals surface area contributed by atoms with Gasteiger partial charge in [0.05, 0.1) is 57.6 Å². The Labute approximate surface area is 557 Å². The van der Waals surface area contributed by atoms with Gasteiger partial charge in [0.1, 0.15) is 171 Å². The first-order chi connectivity index (χ1) is 46.9. The number of nitrogens with one attached hydrogen (secondary N) is 2. The normalized spacial score (nSPS) is 55.5. The van der Waals surface area contributed by atoms with Crippen molar-refractivity contribution in [1.82, 2.24) is 10.6 Å². The molecule has 6 saturated carbocycles. The molecule has 21 aliphatic heterocycles. The molecule has 98 heavy (non-hydrogen) atoms. The van der Waals surface area contributed by atoms with Crippen LogP contribution in [-0.2, 0) is 80.6 Å². The van der Waals surface area contributed by atoms with Crippen LogP contribution in [0.15, 0.2) is 0 Å². The van der Waals surface area contributed by atoms with Gasteiger partial charge in [-0.25, -0.2) is 0 Å². The third-order valence-corrected chi connectivity index (χ3v) is 23.1. The molecule has 560 valence electrons. The first-order valence-corrected chi connectivity index (χ1v) is 33.4. The Kier molecular flexibility index (Phi) is 21.9. The zero-order chi connectivity index (χ0) is 70.0. The number of hydrogen-bond acceptors (Lipinski definition) is 38. The van der Waals surface area contributed by atoms with E-state index in [0.29, 0.717) is 32.2 Å². The van der Waals surface area contributed by atoms with E-state index in [1.807, 2.05) is 0 Å². The van der Waals surface area contributed by atoms with E-state index in [4.69, 9.17) is 71.1 Å². The molecule has 39 nitrogen and oxygen atoms in total. The van der Waals surface area contributed by atoms with Crippen LogP contribution in [0.3, 0.4) is 0 Å². The lowest BCUT2D eigenvalue weighted by atomic mass is 8.92. The largest absolute Gasteiger partial charge is 0.469 e. The SMILES string of the molecule is COC(=O)C12C3C4C1C1C2C3C41C(=O)NCCCCCCNC[C@H]1O[C@@H]2O[C@H]3[C@H](O)[C@H](O)[C@@H](O[C@H]4[C@H](O)[C@H](O)[C@@H](O[C@H]5[C@H](O)[C@@H](O)[C@@H](O[C@H]6[C@H](O)[C@@H](O)[C@@H](O[C@H]7[C@H](O)[C@@H](O)[C@@H](O[C@H]8[C@H](O)[C@@H](O)[C@@H](O[C@H]1[C@H](O)[C@H]2O)O[C@@H]8CO)O[C@@H]7CO)O[C@@H]6CO)O[C@@H]5CO)O[C@@H]4CO)O[C@@H]3CO. The van der Waals surface area contributed by atoms with Crippen molar-refractivity contribution in [1.29, 1.82) is 0 Å². The molecule has 39 heteroatoms. The van der Waals surface area contributed by atoms with Crippen molar-refractivity contribution in [2.24, 2.45) is 46.3 Å². The Morgan fingerprint density at radius 2 is 0.531 bits per heavy atom. The molecule has 14 bridgehead atoms. The van der Waals surface area contributed by atoms with Crippen molar-refractivity contribution in [3.63, 3.8) is 0 Å². The lowest BCUT2D eigenvalue weighted by molar-refractivity contribution is -0.626. The fourth-order valence-corrected chi connectivity index (χ4v) is 18.3. The van der Waals surface area contributed by atoms with Crippen molar-refractivity contribution >= 4 is 11.9 Å². The minimum Gasteiger partial charge on any atom is -0.469 e. The summed E-state index contributed by atoms with van der Waals surface area (Å²) in [5.41, 5.74) is -0.700. The van der Waals surface area contributed by atoms with Crippen molar-refractivity contribution in [2.75, 3.05) is 66.4 Å². The first-order valence-electron chi connectivity index (χ1n) is 33.4. The number of aliphatic hydroxyl groups excluding tert-OH is 20. The molecule has 1 amide bonds. The topological polar surface area (TPSA) is 601 Å². The van der Waals surface area contributed by atoms with E-state index in [1.165, 1.54) is 7.11 Å².